The molecule has 4 aromatic rings. The average molecular weight is 501 g/mol. The van der Waals surface area contributed by atoms with Crippen molar-refractivity contribution < 1.29 is 9.18 Å². The second kappa shape index (κ2) is 9.21. The Morgan fingerprint density at radius 3 is 2.53 bits per heavy atom. The second-order valence-electron chi connectivity index (χ2n) is 6.69. The van der Waals surface area contributed by atoms with Crippen molar-refractivity contribution in [1.29, 1.82) is 0 Å². The van der Waals surface area contributed by atoms with Crippen LogP contribution in [0.3, 0.4) is 0 Å². The van der Waals surface area contributed by atoms with Gasteiger partial charge in [0.05, 0.1) is 4.91 Å². The summed E-state index contributed by atoms with van der Waals surface area (Å²) in [5, 5.41) is 1.60. The lowest BCUT2D eigenvalue weighted by Crippen LogP contribution is -2.01. The van der Waals surface area contributed by atoms with Gasteiger partial charge in [-0.2, -0.15) is 0 Å². The molecule has 0 aliphatic carbocycles. The summed E-state index contributed by atoms with van der Waals surface area (Å²) in [6.07, 6.45) is 3.79. The molecule has 150 valence electrons. The van der Waals surface area contributed by atoms with Gasteiger partial charge in [0, 0.05) is 43.5 Å². The lowest BCUT2D eigenvalue weighted by atomic mass is 10.1. The number of allylic oxidation sites excluding steroid dienone is 1. The molecule has 0 unspecified atom stereocenters. The number of aromatic amines is 1. The van der Waals surface area contributed by atoms with Crippen LogP contribution in [0.2, 0.25) is 5.02 Å². The van der Waals surface area contributed by atoms with E-state index in [1.807, 2.05) is 30.5 Å². The van der Waals surface area contributed by atoms with Crippen LogP contribution in [-0.2, 0) is 5.75 Å². The Morgan fingerprint density at radius 2 is 1.80 bits per heavy atom. The van der Waals surface area contributed by atoms with Crippen LogP contribution in [-0.4, -0.2) is 10.8 Å². The minimum absolute atomic E-state index is 0.0804. The summed E-state index contributed by atoms with van der Waals surface area (Å²) in [5.74, 6) is 0.196. The first-order valence-electron chi connectivity index (χ1n) is 9.15. The van der Waals surface area contributed by atoms with Crippen molar-refractivity contribution in [3.05, 3.63) is 110 Å². The van der Waals surface area contributed by atoms with E-state index in [2.05, 4.69) is 20.9 Å². The fourth-order valence-corrected chi connectivity index (χ4v) is 4.49. The van der Waals surface area contributed by atoms with E-state index in [0.29, 0.717) is 21.2 Å². The molecular formula is C24H16BrClFNOS. The van der Waals surface area contributed by atoms with Crippen LogP contribution in [0.4, 0.5) is 4.39 Å². The van der Waals surface area contributed by atoms with Crippen molar-refractivity contribution in [3.8, 4) is 0 Å². The maximum Gasteiger partial charge on any atom is 0.199 e. The zero-order valence-corrected chi connectivity index (χ0v) is 18.8. The molecule has 1 aromatic heterocycles. The van der Waals surface area contributed by atoms with Crippen molar-refractivity contribution in [1.82, 2.24) is 4.98 Å². The fourth-order valence-electron chi connectivity index (χ4n) is 3.03. The molecule has 0 saturated carbocycles. The number of fused-ring (bicyclic) bond motifs is 1. The van der Waals surface area contributed by atoms with Gasteiger partial charge in [0.1, 0.15) is 5.82 Å². The van der Waals surface area contributed by atoms with Gasteiger partial charge in [-0.25, -0.2) is 4.39 Å². The SMILES string of the molecule is O=C(/C(=C\c1c[nH]c2ccc(Br)cc12)SCc1ccc(F)cc1)c1ccc(Cl)cc1. The quantitative estimate of drug-likeness (QED) is 0.216. The molecule has 0 bridgehead atoms. The molecular weight excluding hydrogens is 485 g/mol. The molecule has 0 saturated heterocycles. The van der Waals surface area contributed by atoms with Crippen LogP contribution in [0, 0.1) is 5.82 Å². The molecule has 0 spiro atoms. The van der Waals surface area contributed by atoms with Crippen molar-refractivity contribution >= 4 is 62.1 Å². The standard InChI is InChI=1S/C24H16BrClFNOS/c25-18-5-10-22-21(12-18)17(13-28-22)11-23(24(29)16-3-6-19(26)7-4-16)30-14-15-1-8-20(27)9-2-15/h1-13,28H,14H2/b23-11+. The summed E-state index contributed by atoms with van der Waals surface area (Å²) in [5.41, 5.74) is 3.43. The highest BCUT2D eigenvalue weighted by atomic mass is 79.9. The number of thioether (sulfide) groups is 1. The summed E-state index contributed by atoms with van der Waals surface area (Å²) in [4.78, 5) is 17.1. The number of aromatic nitrogens is 1. The predicted octanol–water partition coefficient (Wildman–Crippen LogP) is 7.88. The Bertz CT molecular complexity index is 1230. The highest BCUT2D eigenvalue weighted by Gasteiger charge is 2.15. The zero-order valence-electron chi connectivity index (χ0n) is 15.7. The Labute approximate surface area is 191 Å². The van der Waals surface area contributed by atoms with Gasteiger partial charge in [0.25, 0.3) is 0 Å². The molecule has 6 heteroatoms. The van der Waals surface area contributed by atoms with E-state index in [1.165, 1.54) is 23.9 Å². The number of H-pyrrole nitrogens is 1. The molecule has 0 radical (unpaired) electrons. The van der Waals surface area contributed by atoms with Gasteiger partial charge in [-0.05, 0) is 66.2 Å². The number of carbonyl (C=O) groups excluding carboxylic acids is 1. The lowest BCUT2D eigenvalue weighted by molar-refractivity contribution is 0.104. The minimum Gasteiger partial charge on any atom is -0.361 e. The van der Waals surface area contributed by atoms with Crippen LogP contribution < -0.4 is 0 Å². The largest absolute Gasteiger partial charge is 0.361 e. The van der Waals surface area contributed by atoms with Crippen LogP contribution in [0.5, 0.6) is 0 Å². The van der Waals surface area contributed by atoms with Gasteiger partial charge in [0.15, 0.2) is 5.78 Å². The van der Waals surface area contributed by atoms with E-state index >= 15 is 0 Å². The Kier molecular flexibility index (Phi) is 6.42. The highest BCUT2D eigenvalue weighted by Crippen LogP contribution is 2.31. The molecule has 4 rings (SSSR count). The van der Waals surface area contributed by atoms with Gasteiger partial charge in [0.2, 0.25) is 0 Å². The van der Waals surface area contributed by atoms with Crippen molar-refractivity contribution in [3.63, 3.8) is 0 Å². The molecule has 0 fully saturated rings. The zero-order chi connectivity index (χ0) is 21.1. The topological polar surface area (TPSA) is 32.9 Å². The summed E-state index contributed by atoms with van der Waals surface area (Å²) in [7, 11) is 0. The van der Waals surface area contributed by atoms with Gasteiger partial charge in [-0.3, -0.25) is 4.79 Å². The Balaban J connectivity index is 1.70. The fraction of sp³-hybridized carbons (Fsp3) is 0.0417. The van der Waals surface area contributed by atoms with Crippen molar-refractivity contribution in [2.45, 2.75) is 5.75 Å². The lowest BCUT2D eigenvalue weighted by Gasteiger charge is -2.08. The average Bonchev–Trinajstić information content (AvgIpc) is 3.14. The smallest absolute Gasteiger partial charge is 0.199 e. The van der Waals surface area contributed by atoms with Gasteiger partial charge in [-0.1, -0.05) is 39.7 Å². The van der Waals surface area contributed by atoms with E-state index in [0.717, 1.165) is 26.5 Å². The summed E-state index contributed by atoms with van der Waals surface area (Å²) in [6, 6.07) is 19.2. The minimum atomic E-state index is -0.277. The first-order valence-corrected chi connectivity index (χ1v) is 11.3. The van der Waals surface area contributed by atoms with E-state index in [9.17, 15) is 9.18 Å². The first kappa shape index (κ1) is 20.9. The second-order valence-corrected chi connectivity index (χ2v) is 9.06. The molecule has 0 aliphatic heterocycles. The van der Waals surface area contributed by atoms with E-state index in [1.54, 1.807) is 36.4 Å². The molecule has 0 atom stereocenters. The predicted molar refractivity (Wildman–Crippen MR) is 127 cm³/mol. The van der Waals surface area contributed by atoms with Crippen LogP contribution >= 0.6 is 39.3 Å². The number of benzene rings is 3. The van der Waals surface area contributed by atoms with Gasteiger partial charge in [-0.15, -0.1) is 11.8 Å². The van der Waals surface area contributed by atoms with Gasteiger partial charge >= 0.3 is 0 Å². The molecule has 30 heavy (non-hydrogen) atoms. The molecule has 1 N–H and O–H groups in total. The van der Waals surface area contributed by atoms with E-state index < -0.39 is 0 Å². The van der Waals surface area contributed by atoms with Crippen LogP contribution in [0.25, 0.3) is 17.0 Å². The Morgan fingerprint density at radius 1 is 1.07 bits per heavy atom. The third-order valence-corrected chi connectivity index (χ3v) is 6.44. The maximum absolute atomic E-state index is 13.2. The summed E-state index contributed by atoms with van der Waals surface area (Å²) < 4.78 is 14.2. The number of hydrogen-bond donors (Lipinski definition) is 1. The number of nitrogens with one attached hydrogen (secondary N) is 1. The monoisotopic (exact) mass is 499 g/mol. The highest BCUT2D eigenvalue weighted by molar-refractivity contribution is 9.10. The molecule has 0 aliphatic rings. The van der Waals surface area contributed by atoms with Crippen LogP contribution in [0.15, 0.2) is 82.3 Å². The molecule has 1 heterocycles. The summed E-state index contributed by atoms with van der Waals surface area (Å²) >= 11 is 10.9. The van der Waals surface area contributed by atoms with Gasteiger partial charge < -0.3 is 4.98 Å². The van der Waals surface area contributed by atoms with Crippen molar-refractivity contribution in [2.75, 3.05) is 0 Å². The number of ketones is 1. The van der Waals surface area contributed by atoms with Crippen molar-refractivity contribution in [2.24, 2.45) is 0 Å². The number of halogens is 3. The van der Waals surface area contributed by atoms with E-state index in [4.69, 9.17) is 11.6 Å². The third kappa shape index (κ3) is 4.86. The molecule has 0 amide bonds. The number of carbonyl (C=O) groups is 1. The molecule has 2 nitrogen and oxygen atoms in total. The first-order chi connectivity index (χ1) is 14.5. The maximum atomic E-state index is 13.2. The number of hydrogen-bond acceptors (Lipinski definition) is 2. The normalized spacial score (nSPS) is 11.8. The third-order valence-electron chi connectivity index (χ3n) is 4.60. The van der Waals surface area contributed by atoms with Crippen LogP contribution in [0.1, 0.15) is 21.5 Å². The van der Waals surface area contributed by atoms with E-state index in [-0.39, 0.29) is 11.6 Å². The summed E-state index contributed by atoms with van der Waals surface area (Å²) in [6.45, 7) is 0. The number of rotatable bonds is 6. The number of Topliss-reactive ketones (excluding diaryl/α,β-unsaturated/α-hetero) is 1. The Hall–Kier alpha value is -2.34. The molecule has 3 aromatic carbocycles.